The van der Waals surface area contributed by atoms with Crippen LogP contribution in [0.15, 0.2) is 40.3 Å². The van der Waals surface area contributed by atoms with Crippen molar-refractivity contribution in [3.63, 3.8) is 0 Å². The molecule has 1 N–H and O–H groups in total. The van der Waals surface area contributed by atoms with Crippen LogP contribution in [0.5, 0.6) is 0 Å². The molecule has 0 bridgehead atoms. The van der Waals surface area contributed by atoms with Gasteiger partial charge in [0, 0.05) is 17.7 Å². The van der Waals surface area contributed by atoms with Crippen molar-refractivity contribution >= 4 is 29.6 Å². The van der Waals surface area contributed by atoms with Gasteiger partial charge in [-0.3, -0.25) is 4.79 Å². The number of nitrogens with zero attached hydrogens (tertiary/aromatic N) is 1. The van der Waals surface area contributed by atoms with Gasteiger partial charge in [-0.2, -0.15) is 5.26 Å². The van der Waals surface area contributed by atoms with Gasteiger partial charge in [-0.15, -0.1) is 0 Å². The third kappa shape index (κ3) is 4.52. The summed E-state index contributed by atoms with van der Waals surface area (Å²) in [6.45, 7) is 3.61. The van der Waals surface area contributed by atoms with Gasteiger partial charge < -0.3 is 14.5 Å². The average Bonchev–Trinajstić information content (AvgIpc) is 3.06. The Hall–Kier alpha value is -3.04. The lowest BCUT2D eigenvalue weighted by molar-refractivity contribution is -0.117. The van der Waals surface area contributed by atoms with E-state index < -0.39 is 11.9 Å². The highest BCUT2D eigenvalue weighted by atomic mass is 35.5. The van der Waals surface area contributed by atoms with E-state index in [0.29, 0.717) is 17.1 Å². The number of methoxy groups -OCH3 is 1. The fourth-order valence-electron chi connectivity index (χ4n) is 2.16. The van der Waals surface area contributed by atoms with Gasteiger partial charge in [0.25, 0.3) is 5.91 Å². The molecule has 0 aliphatic heterocycles. The van der Waals surface area contributed by atoms with E-state index in [1.807, 2.05) is 6.07 Å². The van der Waals surface area contributed by atoms with E-state index in [9.17, 15) is 9.59 Å². The summed E-state index contributed by atoms with van der Waals surface area (Å²) in [5.74, 6) is -0.162. The molecule has 0 radical (unpaired) electrons. The topological polar surface area (TPSA) is 92.3 Å². The highest BCUT2D eigenvalue weighted by Gasteiger charge is 2.14. The van der Waals surface area contributed by atoms with Crippen LogP contribution in [0.3, 0.4) is 0 Å². The second-order valence-electron chi connectivity index (χ2n) is 5.69. The molecule has 7 heteroatoms. The fourth-order valence-corrected chi connectivity index (χ4v) is 2.42. The summed E-state index contributed by atoms with van der Waals surface area (Å²) in [7, 11) is 1.28. The Kier molecular flexibility index (Phi) is 6.21. The molecule has 26 heavy (non-hydrogen) atoms. The highest BCUT2D eigenvalue weighted by Crippen LogP contribution is 2.28. The Bertz CT molecular complexity index is 907. The first-order valence-corrected chi connectivity index (χ1v) is 8.14. The van der Waals surface area contributed by atoms with E-state index in [1.54, 1.807) is 44.2 Å². The number of nitrogens with one attached hydrogen (secondary N) is 1. The van der Waals surface area contributed by atoms with Crippen LogP contribution in [-0.2, 0) is 9.53 Å². The summed E-state index contributed by atoms with van der Waals surface area (Å²) in [6.07, 6.45) is 1.37. The van der Waals surface area contributed by atoms with Gasteiger partial charge in [-0.25, -0.2) is 4.79 Å². The molecule has 0 aliphatic rings. The summed E-state index contributed by atoms with van der Waals surface area (Å²) < 4.78 is 10.3. The SMILES string of the molecule is COC(=O)c1ccc(-c2ccc(/C=C(/C#N)C(=O)NC(C)C)o2)cc1Cl. The van der Waals surface area contributed by atoms with Crippen LogP contribution >= 0.6 is 11.6 Å². The molecule has 1 heterocycles. The molecule has 2 rings (SSSR count). The van der Waals surface area contributed by atoms with Gasteiger partial charge >= 0.3 is 5.97 Å². The summed E-state index contributed by atoms with van der Waals surface area (Å²) in [4.78, 5) is 23.5. The zero-order chi connectivity index (χ0) is 19.3. The highest BCUT2D eigenvalue weighted by molar-refractivity contribution is 6.33. The Morgan fingerprint density at radius 1 is 1.31 bits per heavy atom. The fraction of sp³-hybridized carbons (Fsp3) is 0.211. The van der Waals surface area contributed by atoms with Gasteiger partial charge in [0.15, 0.2) is 0 Å². The number of esters is 1. The molecule has 2 aromatic rings. The van der Waals surface area contributed by atoms with E-state index in [1.165, 1.54) is 13.2 Å². The van der Waals surface area contributed by atoms with Crippen LogP contribution < -0.4 is 5.32 Å². The number of furan rings is 1. The van der Waals surface area contributed by atoms with Gasteiger partial charge in [-0.05, 0) is 38.1 Å². The molecule has 1 amide bonds. The maximum absolute atomic E-state index is 11.9. The largest absolute Gasteiger partial charge is 0.465 e. The molecule has 0 unspecified atom stereocenters. The van der Waals surface area contributed by atoms with Crippen LogP contribution in [0.2, 0.25) is 5.02 Å². The predicted molar refractivity (Wildman–Crippen MR) is 97.4 cm³/mol. The third-order valence-electron chi connectivity index (χ3n) is 3.36. The van der Waals surface area contributed by atoms with Crippen LogP contribution in [-0.4, -0.2) is 25.0 Å². The molecule has 6 nitrogen and oxygen atoms in total. The minimum atomic E-state index is -0.528. The predicted octanol–water partition coefficient (Wildman–Crippen LogP) is 3.82. The number of benzene rings is 1. The van der Waals surface area contributed by atoms with Crippen LogP contribution in [0.4, 0.5) is 0 Å². The number of carbonyl (C=O) groups is 2. The summed E-state index contributed by atoms with van der Waals surface area (Å²) in [5, 5.41) is 12.0. The standard InChI is InChI=1S/C19H17ClN2O4/c1-11(2)22-18(23)13(10-21)8-14-5-7-17(26-14)12-4-6-15(16(20)9-12)19(24)25-3/h4-9,11H,1-3H3,(H,22,23)/b13-8-. The average molecular weight is 373 g/mol. The number of halogens is 1. The van der Waals surface area contributed by atoms with Crippen molar-refractivity contribution in [2.24, 2.45) is 0 Å². The number of hydrogen-bond acceptors (Lipinski definition) is 5. The monoisotopic (exact) mass is 372 g/mol. The molecule has 0 saturated heterocycles. The molecule has 0 spiro atoms. The lowest BCUT2D eigenvalue weighted by atomic mass is 10.1. The molecule has 0 atom stereocenters. The summed E-state index contributed by atoms with van der Waals surface area (Å²) >= 11 is 6.11. The number of hydrogen-bond donors (Lipinski definition) is 1. The molecule has 0 aliphatic carbocycles. The van der Waals surface area contributed by atoms with E-state index in [2.05, 4.69) is 10.1 Å². The van der Waals surface area contributed by atoms with Gasteiger partial charge in [-0.1, -0.05) is 17.7 Å². The van der Waals surface area contributed by atoms with Crippen LogP contribution in [0.1, 0.15) is 30.0 Å². The van der Waals surface area contributed by atoms with Crippen molar-refractivity contribution in [2.75, 3.05) is 7.11 Å². The lowest BCUT2D eigenvalue weighted by Gasteiger charge is -2.06. The Labute approximate surface area is 156 Å². The number of amides is 1. The molecule has 0 fully saturated rings. The number of rotatable bonds is 5. The summed E-state index contributed by atoms with van der Waals surface area (Å²) in [5.41, 5.74) is 0.841. The molecule has 0 saturated carbocycles. The molecular weight excluding hydrogens is 356 g/mol. The summed E-state index contributed by atoms with van der Waals surface area (Å²) in [6, 6.07) is 9.88. The smallest absolute Gasteiger partial charge is 0.339 e. The van der Waals surface area contributed by atoms with Gasteiger partial charge in [0.05, 0.1) is 17.7 Å². The number of ether oxygens (including phenoxy) is 1. The van der Waals surface area contributed by atoms with Gasteiger partial charge in [0.1, 0.15) is 23.2 Å². The number of nitriles is 1. The Morgan fingerprint density at radius 3 is 2.62 bits per heavy atom. The Morgan fingerprint density at radius 2 is 2.04 bits per heavy atom. The molecular formula is C19H17ClN2O4. The first kappa shape index (κ1) is 19.3. The first-order valence-electron chi connectivity index (χ1n) is 7.76. The second-order valence-corrected chi connectivity index (χ2v) is 6.09. The van der Waals surface area contributed by atoms with E-state index >= 15 is 0 Å². The van der Waals surface area contributed by atoms with Crippen molar-refractivity contribution < 1.29 is 18.7 Å². The number of carbonyl (C=O) groups excluding carboxylic acids is 2. The van der Waals surface area contributed by atoms with E-state index in [-0.39, 0.29) is 22.2 Å². The van der Waals surface area contributed by atoms with Gasteiger partial charge in [0.2, 0.25) is 0 Å². The van der Waals surface area contributed by atoms with Crippen molar-refractivity contribution in [3.05, 3.63) is 52.3 Å². The van der Waals surface area contributed by atoms with E-state index in [4.69, 9.17) is 21.3 Å². The zero-order valence-corrected chi connectivity index (χ0v) is 15.3. The third-order valence-corrected chi connectivity index (χ3v) is 3.67. The van der Waals surface area contributed by atoms with Crippen molar-refractivity contribution in [2.45, 2.75) is 19.9 Å². The lowest BCUT2D eigenvalue weighted by Crippen LogP contribution is -2.30. The van der Waals surface area contributed by atoms with Crippen LogP contribution in [0, 0.1) is 11.3 Å². The quantitative estimate of drug-likeness (QED) is 0.489. The zero-order valence-electron chi connectivity index (χ0n) is 14.5. The van der Waals surface area contributed by atoms with E-state index in [0.717, 1.165) is 0 Å². The molecule has 1 aromatic heterocycles. The minimum Gasteiger partial charge on any atom is -0.465 e. The van der Waals surface area contributed by atoms with Crippen LogP contribution in [0.25, 0.3) is 17.4 Å². The van der Waals surface area contributed by atoms with Crippen molar-refractivity contribution in [1.29, 1.82) is 5.26 Å². The maximum Gasteiger partial charge on any atom is 0.339 e. The normalized spacial score (nSPS) is 11.2. The maximum atomic E-state index is 11.9. The van der Waals surface area contributed by atoms with Crippen molar-refractivity contribution in [3.8, 4) is 17.4 Å². The minimum absolute atomic E-state index is 0.0568. The Balaban J connectivity index is 2.28. The second kappa shape index (κ2) is 8.37. The molecule has 1 aromatic carbocycles. The van der Waals surface area contributed by atoms with Crippen molar-refractivity contribution in [1.82, 2.24) is 5.32 Å². The molecule has 134 valence electrons. The first-order chi connectivity index (χ1) is 12.3.